The lowest BCUT2D eigenvalue weighted by atomic mass is 10.1. The Morgan fingerprint density at radius 1 is 1.50 bits per heavy atom. The maximum Gasteiger partial charge on any atom is 0.0506 e. The van der Waals surface area contributed by atoms with E-state index in [1.165, 1.54) is 29.9 Å². The van der Waals surface area contributed by atoms with Crippen molar-refractivity contribution < 1.29 is 0 Å². The van der Waals surface area contributed by atoms with Crippen LogP contribution >= 0.6 is 24.0 Å². The first-order valence-electron chi connectivity index (χ1n) is 3.66. The summed E-state index contributed by atoms with van der Waals surface area (Å²) >= 11 is 7.02. The molecular weight excluding hydrogens is 176 g/mol. The zero-order valence-electron chi connectivity index (χ0n) is 5.93. The van der Waals surface area contributed by atoms with Crippen molar-refractivity contribution in [3.8, 4) is 0 Å². The molecule has 0 aromatic rings. The molecule has 55 valence electrons. The van der Waals surface area contributed by atoms with Gasteiger partial charge in [-0.05, 0) is 18.2 Å². The van der Waals surface area contributed by atoms with Gasteiger partial charge < -0.3 is 0 Å². The molecule has 0 bridgehead atoms. The van der Waals surface area contributed by atoms with Crippen LogP contribution in [0.2, 0.25) is 0 Å². The normalized spacial score (nSPS) is 19.7. The molecule has 0 heterocycles. The molecule has 0 aliphatic heterocycles. The van der Waals surface area contributed by atoms with Gasteiger partial charge in [-0.15, -0.1) is 11.8 Å². The zero-order chi connectivity index (χ0) is 7.40. The van der Waals surface area contributed by atoms with Crippen molar-refractivity contribution >= 4 is 38.4 Å². The van der Waals surface area contributed by atoms with Crippen LogP contribution in [0.5, 0.6) is 0 Å². The van der Waals surface area contributed by atoms with E-state index >= 15 is 0 Å². The predicted octanol–water partition coefficient (Wildman–Crippen LogP) is 2.36. The number of hydrogen-bond donors (Lipinski definition) is 0. The lowest BCUT2D eigenvalue weighted by molar-refractivity contribution is 0.749. The Labute approximate surface area is 75.6 Å². The Balaban J connectivity index is 2.25. The summed E-state index contributed by atoms with van der Waals surface area (Å²) in [6.45, 7) is 0. The highest BCUT2D eigenvalue weighted by Crippen LogP contribution is 2.29. The Morgan fingerprint density at radius 3 is 2.60 bits per heavy atom. The van der Waals surface area contributed by atoms with E-state index in [1.54, 1.807) is 11.8 Å². The van der Waals surface area contributed by atoms with Gasteiger partial charge >= 0.3 is 0 Å². The van der Waals surface area contributed by atoms with E-state index < -0.39 is 0 Å². The molecule has 1 aliphatic carbocycles. The van der Waals surface area contributed by atoms with Crippen LogP contribution < -0.4 is 0 Å². The van der Waals surface area contributed by atoms with Crippen molar-refractivity contribution in [3.05, 3.63) is 0 Å². The lowest BCUT2D eigenvalue weighted by Crippen LogP contribution is -2.04. The van der Waals surface area contributed by atoms with Crippen LogP contribution in [0.3, 0.4) is 0 Å². The average Bonchev–Trinajstić information content (AvgIpc) is 2.38. The third kappa shape index (κ3) is 2.36. The maximum atomic E-state index is 5.24. The largest absolute Gasteiger partial charge is 0.123 e. The summed E-state index contributed by atoms with van der Waals surface area (Å²) in [5, 5.41) is 0.954. The second kappa shape index (κ2) is 4.52. The molecule has 3 radical (unpaired) electrons. The minimum absolute atomic E-state index is 0.747. The van der Waals surface area contributed by atoms with Gasteiger partial charge in [-0.2, -0.15) is 0 Å². The van der Waals surface area contributed by atoms with Crippen molar-refractivity contribution in [2.45, 2.75) is 25.7 Å². The summed E-state index contributed by atoms with van der Waals surface area (Å²) in [4.78, 5) is 0. The highest BCUT2D eigenvalue weighted by molar-refractivity contribution is 8.23. The standard InChI is InChI=1S/C7H11S2Si/c8-7(9-5-10)6-3-1-2-4-6/h6H,1-5H2. The first-order chi connectivity index (χ1) is 4.84. The van der Waals surface area contributed by atoms with E-state index in [1.807, 2.05) is 0 Å². The molecule has 3 heteroatoms. The topological polar surface area (TPSA) is 0 Å². The monoisotopic (exact) mass is 187 g/mol. The van der Waals surface area contributed by atoms with Gasteiger partial charge in [-0.1, -0.05) is 25.1 Å². The number of hydrogen-bond acceptors (Lipinski definition) is 2. The smallest absolute Gasteiger partial charge is 0.0506 e. The minimum atomic E-state index is 0.747. The van der Waals surface area contributed by atoms with E-state index in [0.717, 1.165) is 11.3 Å². The molecule has 0 spiro atoms. The average molecular weight is 187 g/mol. The van der Waals surface area contributed by atoms with E-state index in [4.69, 9.17) is 12.2 Å². The van der Waals surface area contributed by atoms with Crippen molar-refractivity contribution in [2.75, 3.05) is 5.38 Å². The zero-order valence-corrected chi connectivity index (χ0v) is 8.56. The van der Waals surface area contributed by atoms with Crippen LogP contribution in [-0.4, -0.2) is 19.8 Å². The van der Waals surface area contributed by atoms with Gasteiger partial charge in [0.05, 0.1) is 4.20 Å². The molecular formula is C7H11S2Si. The molecule has 0 aromatic heterocycles. The van der Waals surface area contributed by atoms with E-state index in [9.17, 15) is 0 Å². The van der Waals surface area contributed by atoms with Crippen LogP contribution in [-0.2, 0) is 0 Å². The molecule has 0 amide bonds. The summed E-state index contributed by atoms with van der Waals surface area (Å²) in [5.41, 5.74) is 0. The number of thiocarbonyl (C=S) groups is 1. The van der Waals surface area contributed by atoms with Crippen molar-refractivity contribution in [1.29, 1.82) is 0 Å². The molecule has 1 rings (SSSR count). The fourth-order valence-corrected chi connectivity index (χ4v) is 3.16. The predicted molar refractivity (Wildman–Crippen MR) is 52.8 cm³/mol. The van der Waals surface area contributed by atoms with Gasteiger partial charge in [0.1, 0.15) is 0 Å². The van der Waals surface area contributed by atoms with Crippen LogP contribution in [0.25, 0.3) is 0 Å². The summed E-state index contributed by atoms with van der Waals surface area (Å²) in [6, 6.07) is 0. The number of rotatable bonds is 2. The second-order valence-electron chi connectivity index (χ2n) is 2.59. The molecule has 0 unspecified atom stereocenters. The van der Waals surface area contributed by atoms with Crippen molar-refractivity contribution in [1.82, 2.24) is 0 Å². The fourth-order valence-electron chi connectivity index (χ4n) is 1.35. The Kier molecular flexibility index (Phi) is 3.95. The number of thioether (sulfide) groups is 1. The van der Waals surface area contributed by atoms with Gasteiger partial charge in [0.15, 0.2) is 0 Å². The van der Waals surface area contributed by atoms with Crippen LogP contribution in [0.1, 0.15) is 25.7 Å². The van der Waals surface area contributed by atoms with Gasteiger partial charge in [0, 0.05) is 16.2 Å². The first-order valence-corrected chi connectivity index (χ1v) is 5.76. The van der Waals surface area contributed by atoms with E-state index in [2.05, 4.69) is 10.2 Å². The van der Waals surface area contributed by atoms with Crippen LogP contribution in [0, 0.1) is 5.92 Å². The van der Waals surface area contributed by atoms with Crippen molar-refractivity contribution in [3.63, 3.8) is 0 Å². The third-order valence-corrected chi connectivity index (χ3v) is 3.79. The summed E-state index contributed by atoms with van der Waals surface area (Å²) < 4.78 is 1.22. The Hall–Kier alpha value is 0.657. The van der Waals surface area contributed by atoms with E-state index in [0.29, 0.717) is 0 Å². The highest BCUT2D eigenvalue weighted by atomic mass is 32.2. The quantitative estimate of drug-likeness (QED) is 0.481. The third-order valence-electron chi connectivity index (χ3n) is 1.90. The Bertz CT molecular complexity index is 119. The van der Waals surface area contributed by atoms with Crippen molar-refractivity contribution in [2.24, 2.45) is 5.92 Å². The second-order valence-corrected chi connectivity index (χ2v) is 5.17. The lowest BCUT2D eigenvalue weighted by Gasteiger charge is -2.07. The van der Waals surface area contributed by atoms with Crippen LogP contribution in [0.15, 0.2) is 0 Å². The Morgan fingerprint density at radius 2 is 2.10 bits per heavy atom. The van der Waals surface area contributed by atoms with Crippen LogP contribution in [0.4, 0.5) is 0 Å². The molecule has 10 heavy (non-hydrogen) atoms. The van der Waals surface area contributed by atoms with Gasteiger partial charge in [-0.25, -0.2) is 0 Å². The molecule has 0 N–H and O–H groups in total. The molecule has 0 saturated heterocycles. The summed E-state index contributed by atoms with van der Waals surface area (Å²) in [6.07, 6.45) is 5.43. The molecule has 1 fully saturated rings. The molecule has 0 nitrogen and oxygen atoms in total. The SMILES string of the molecule is [Si]CSC(=S)C1CCCC1. The van der Waals surface area contributed by atoms with Gasteiger partial charge in [-0.3, -0.25) is 0 Å². The van der Waals surface area contributed by atoms with Gasteiger partial charge in [0.2, 0.25) is 0 Å². The molecule has 1 saturated carbocycles. The summed E-state index contributed by atoms with van der Waals surface area (Å²) in [5.74, 6) is 0.747. The minimum Gasteiger partial charge on any atom is -0.123 e. The molecule has 1 aliphatic rings. The highest BCUT2D eigenvalue weighted by Gasteiger charge is 2.18. The van der Waals surface area contributed by atoms with Gasteiger partial charge in [0.25, 0.3) is 0 Å². The molecule has 0 aromatic carbocycles. The summed E-state index contributed by atoms with van der Waals surface area (Å²) in [7, 11) is 3.42. The molecule has 0 atom stereocenters. The maximum absolute atomic E-state index is 5.24. The first kappa shape index (κ1) is 8.75. The fraction of sp³-hybridized carbons (Fsp3) is 0.857. The van der Waals surface area contributed by atoms with E-state index in [-0.39, 0.29) is 0 Å².